The zero-order valence-electron chi connectivity index (χ0n) is 23.1. The van der Waals surface area contributed by atoms with E-state index in [1.54, 1.807) is 16.4 Å². The Kier molecular flexibility index (Phi) is 6.47. The molecule has 1 aliphatic heterocycles. The standard InChI is InChI=1S/C33H36N2O2S/c1-23-18-20-25(21-19-23)38(36,37)35-30(27-17-11-13-24-12-7-8-14-26(24)27)28-15-9-10-16-29(28)31(35)34-33(5,6)22-32(2,3)4/h7-21,30H,22H2,1-6H3. The van der Waals surface area contributed by atoms with Crippen LogP contribution in [0.3, 0.4) is 0 Å². The van der Waals surface area contributed by atoms with Crippen molar-refractivity contribution in [1.82, 2.24) is 4.31 Å². The van der Waals surface area contributed by atoms with Gasteiger partial charge in [-0.15, -0.1) is 0 Å². The number of rotatable bonds is 5. The predicted octanol–water partition coefficient (Wildman–Crippen LogP) is 7.90. The summed E-state index contributed by atoms with van der Waals surface area (Å²) in [4.78, 5) is 5.51. The van der Waals surface area contributed by atoms with Crippen molar-refractivity contribution >= 4 is 26.6 Å². The van der Waals surface area contributed by atoms with Gasteiger partial charge in [-0.2, -0.15) is 0 Å². The van der Waals surface area contributed by atoms with Gasteiger partial charge in [-0.1, -0.05) is 105 Å². The maximum Gasteiger partial charge on any atom is 0.266 e. The molecule has 0 saturated heterocycles. The van der Waals surface area contributed by atoms with Crippen LogP contribution >= 0.6 is 0 Å². The van der Waals surface area contributed by atoms with E-state index < -0.39 is 21.6 Å². The molecule has 0 amide bonds. The van der Waals surface area contributed by atoms with E-state index in [-0.39, 0.29) is 10.3 Å². The van der Waals surface area contributed by atoms with Crippen molar-refractivity contribution in [1.29, 1.82) is 0 Å². The summed E-state index contributed by atoms with van der Waals surface area (Å²) in [6.45, 7) is 12.7. The molecule has 0 bridgehead atoms. The third kappa shape index (κ3) is 4.88. The number of fused-ring (bicyclic) bond motifs is 2. The minimum Gasteiger partial charge on any atom is -0.261 e. The molecule has 0 aliphatic carbocycles. The lowest BCUT2D eigenvalue weighted by Crippen LogP contribution is -2.38. The molecule has 0 aromatic heterocycles. The molecule has 0 radical (unpaired) electrons. The SMILES string of the molecule is Cc1ccc(S(=O)(=O)N2C(=NC(C)(C)CC(C)(C)C)c3ccccc3C2c2cccc3ccccc23)cc1. The van der Waals surface area contributed by atoms with E-state index in [4.69, 9.17) is 4.99 Å². The first-order valence-corrected chi connectivity index (χ1v) is 14.6. The van der Waals surface area contributed by atoms with E-state index in [0.29, 0.717) is 5.84 Å². The molecule has 4 aromatic carbocycles. The summed E-state index contributed by atoms with van der Waals surface area (Å²) >= 11 is 0. The Morgan fingerprint density at radius 2 is 1.37 bits per heavy atom. The third-order valence-electron chi connectivity index (χ3n) is 7.01. The van der Waals surface area contributed by atoms with Crippen LogP contribution in [-0.2, 0) is 10.0 Å². The highest BCUT2D eigenvalue weighted by Crippen LogP contribution is 2.45. The topological polar surface area (TPSA) is 49.7 Å². The van der Waals surface area contributed by atoms with E-state index in [9.17, 15) is 8.42 Å². The summed E-state index contributed by atoms with van der Waals surface area (Å²) < 4.78 is 30.7. The molecule has 0 N–H and O–H groups in total. The summed E-state index contributed by atoms with van der Waals surface area (Å²) in [5.41, 5.74) is 3.33. The molecular weight excluding hydrogens is 488 g/mol. The normalized spacial score (nSPS) is 17.3. The third-order valence-corrected chi connectivity index (χ3v) is 8.78. The molecule has 5 rings (SSSR count). The summed E-state index contributed by atoms with van der Waals surface area (Å²) in [7, 11) is -3.95. The Labute approximate surface area is 227 Å². The number of amidine groups is 1. The Bertz CT molecular complexity index is 1620. The van der Waals surface area contributed by atoms with Crippen LogP contribution in [0.4, 0.5) is 0 Å². The average molecular weight is 525 g/mol. The fraction of sp³-hybridized carbons (Fsp3) is 0.303. The highest BCUT2D eigenvalue weighted by atomic mass is 32.2. The zero-order valence-corrected chi connectivity index (χ0v) is 23.9. The Hall–Kier alpha value is -3.44. The fourth-order valence-corrected chi connectivity index (χ4v) is 7.48. The predicted molar refractivity (Wildman–Crippen MR) is 157 cm³/mol. The lowest BCUT2D eigenvalue weighted by Gasteiger charge is -2.32. The van der Waals surface area contributed by atoms with Gasteiger partial charge in [0.05, 0.1) is 16.5 Å². The molecule has 0 spiro atoms. The minimum atomic E-state index is -3.95. The quantitative estimate of drug-likeness (QED) is 0.266. The number of benzene rings is 4. The first-order chi connectivity index (χ1) is 17.9. The molecule has 5 heteroatoms. The molecule has 4 aromatic rings. The van der Waals surface area contributed by atoms with Crippen LogP contribution in [0.15, 0.2) is 101 Å². The molecule has 196 valence electrons. The van der Waals surface area contributed by atoms with Crippen LogP contribution < -0.4 is 0 Å². The second kappa shape index (κ2) is 9.39. The van der Waals surface area contributed by atoms with Gasteiger partial charge in [-0.05, 0) is 66.6 Å². The Balaban J connectivity index is 1.81. The number of aryl methyl sites for hydroxylation is 1. The van der Waals surface area contributed by atoms with Crippen LogP contribution in [0.5, 0.6) is 0 Å². The summed E-state index contributed by atoms with van der Waals surface area (Å²) in [5, 5.41) is 2.11. The summed E-state index contributed by atoms with van der Waals surface area (Å²) in [5.74, 6) is 0.508. The molecule has 0 saturated carbocycles. The van der Waals surface area contributed by atoms with E-state index in [2.05, 4.69) is 52.8 Å². The van der Waals surface area contributed by atoms with Crippen LogP contribution in [0.25, 0.3) is 10.8 Å². The second-order valence-electron chi connectivity index (χ2n) is 12.2. The van der Waals surface area contributed by atoms with E-state index in [0.717, 1.165) is 39.4 Å². The molecule has 1 unspecified atom stereocenters. The number of sulfonamides is 1. The molecule has 1 heterocycles. The average Bonchev–Trinajstić information content (AvgIpc) is 3.16. The number of hydrogen-bond donors (Lipinski definition) is 0. The highest BCUT2D eigenvalue weighted by Gasteiger charge is 2.45. The van der Waals surface area contributed by atoms with Crippen LogP contribution in [0.1, 0.15) is 69.3 Å². The molecule has 4 nitrogen and oxygen atoms in total. The smallest absolute Gasteiger partial charge is 0.261 e. The number of nitrogens with zero attached hydrogens (tertiary/aromatic N) is 2. The van der Waals surface area contributed by atoms with Gasteiger partial charge in [0.2, 0.25) is 0 Å². The van der Waals surface area contributed by atoms with E-state index >= 15 is 0 Å². The summed E-state index contributed by atoms with van der Waals surface area (Å²) in [6.07, 6.45) is 0.809. The highest BCUT2D eigenvalue weighted by molar-refractivity contribution is 7.89. The van der Waals surface area contributed by atoms with Gasteiger partial charge in [0.1, 0.15) is 5.84 Å². The van der Waals surface area contributed by atoms with Crippen LogP contribution in [-0.4, -0.2) is 24.1 Å². The monoisotopic (exact) mass is 524 g/mol. The lowest BCUT2D eigenvalue weighted by molar-refractivity contribution is 0.287. The van der Waals surface area contributed by atoms with Crippen molar-refractivity contribution < 1.29 is 8.42 Å². The number of hydrogen-bond acceptors (Lipinski definition) is 3. The van der Waals surface area contributed by atoms with Crippen molar-refractivity contribution in [2.75, 3.05) is 0 Å². The van der Waals surface area contributed by atoms with Crippen molar-refractivity contribution in [2.45, 2.75) is 64.4 Å². The largest absolute Gasteiger partial charge is 0.266 e. The van der Waals surface area contributed by atoms with Crippen molar-refractivity contribution in [3.63, 3.8) is 0 Å². The molecule has 0 fully saturated rings. The second-order valence-corrected chi connectivity index (χ2v) is 14.0. The van der Waals surface area contributed by atoms with Gasteiger partial charge < -0.3 is 0 Å². The summed E-state index contributed by atoms with van der Waals surface area (Å²) in [6, 6.07) is 28.8. The minimum absolute atomic E-state index is 0.0291. The van der Waals surface area contributed by atoms with Crippen molar-refractivity contribution in [3.05, 3.63) is 113 Å². The molecule has 1 atom stereocenters. The molecule has 38 heavy (non-hydrogen) atoms. The number of aliphatic imine (C=N–C) groups is 1. The zero-order chi connectivity index (χ0) is 27.3. The van der Waals surface area contributed by atoms with Crippen molar-refractivity contribution in [2.24, 2.45) is 10.4 Å². The fourth-order valence-electron chi connectivity index (χ4n) is 5.90. The Morgan fingerprint density at radius 3 is 2.08 bits per heavy atom. The van der Waals surface area contributed by atoms with Crippen molar-refractivity contribution in [3.8, 4) is 0 Å². The van der Waals surface area contributed by atoms with Gasteiger partial charge in [-0.3, -0.25) is 4.99 Å². The molecular formula is C33H36N2O2S. The van der Waals surface area contributed by atoms with Gasteiger partial charge in [-0.25, -0.2) is 12.7 Å². The first-order valence-electron chi connectivity index (χ1n) is 13.2. The maximum atomic E-state index is 14.6. The van der Waals surface area contributed by atoms with E-state index in [1.165, 1.54) is 0 Å². The van der Waals surface area contributed by atoms with Crippen LogP contribution in [0, 0.1) is 12.3 Å². The van der Waals surface area contributed by atoms with Gasteiger partial charge in [0.15, 0.2) is 0 Å². The van der Waals surface area contributed by atoms with Gasteiger partial charge in [0.25, 0.3) is 10.0 Å². The van der Waals surface area contributed by atoms with Gasteiger partial charge >= 0.3 is 0 Å². The first kappa shape index (κ1) is 26.2. The van der Waals surface area contributed by atoms with Crippen LogP contribution in [0.2, 0.25) is 0 Å². The van der Waals surface area contributed by atoms with E-state index in [1.807, 2.05) is 67.6 Å². The lowest BCUT2D eigenvalue weighted by atomic mass is 9.82. The van der Waals surface area contributed by atoms with Gasteiger partial charge in [0, 0.05) is 5.56 Å². The molecule has 1 aliphatic rings. The maximum absolute atomic E-state index is 14.6. The Morgan fingerprint density at radius 1 is 0.763 bits per heavy atom.